The molecular weight excluding hydrogens is 240 g/mol. The zero-order valence-electron chi connectivity index (χ0n) is 9.26. The lowest BCUT2D eigenvalue weighted by atomic mass is 9.54. The van der Waals surface area contributed by atoms with Gasteiger partial charge in [-0.3, -0.25) is 4.79 Å². The Balaban J connectivity index is 1.82. The van der Waals surface area contributed by atoms with Gasteiger partial charge in [-0.15, -0.1) is 12.6 Å². The Morgan fingerprint density at radius 1 is 1.12 bits per heavy atom. The van der Waals surface area contributed by atoms with E-state index in [0.29, 0.717) is 11.8 Å². The number of hydrogen-bond donors (Lipinski definition) is 2. The van der Waals surface area contributed by atoms with Crippen LogP contribution < -0.4 is 0 Å². The first kappa shape index (κ1) is 11.3. The van der Waals surface area contributed by atoms with Crippen LogP contribution in [0.15, 0.2) is 0 Å². The van der Waals surface area contributed by atoms with E-state index in [2.05, 4.69) is 12.6 Å². The summed E-state index contributed by atoms with van der Waals surface area (Å²) in [6, 6.07) is 0. The predicted molar refractivity (Wildman–Crippen MR) is 68.7 cm³/mol. The highest BCUT2D eigenvalue weighted by Crippen LogP contribution is 2.60. The Hall–Kier alpha value is 0.170. The molecule has 0 atom stereocenters. The van der Waals surface area contributed by atoms with E-state index in [1.165, 1.54) is 32.1 Å². The molecule has 0 unspecified atom stereocenters. The van der Waals surface area contributed by atoms with E-state index in [0.717, 1.165) is 11.8 Å². The van der Waals surface area contributed by atoms with Gasteiger partial charge in [-0.25, -0.2) is 0 Å². The summed E-state index contributed by atoms with van der Waals surface area (Å²) in [4.78, 5) is 11.0. The lowest BCUT2D eigenvalue weighted by Gasteiger charge is -2.58. The summed E-state index contributed by atoms with van der Waals surface area (Å²) in [6.07, 6.45) is 6.22. The second-order valence-electron chi connectivity index (χ2n) is 5.69. The van der Waals surface area contributed by atoms with Crippen molar-refractivity contribution in [3.8, 4) is 0 Å². The van der Waals surface area contributed by atoms with Crippen LogP contribution in [0.25, 0.3) is 0 Å². The van der Waals surface area contributed by atoms with Crippen LogP contribution in [0.2, 0.25) is 0 Å². The minimum Gasteiger partial charge on any atom is -0.447 e. The molecule has 0 aromatic carbocycles. The summed E-state index contributed by atoms with van der Waals surface area (Å²) in [5, 5.41) is 0. The number of hydrogen-bond acceptors (Lipinski definition) is 4. The second-order valence-corrected chi connectivity index (χ2v) is 6.70. The molecule has 0 N–H and O–H groups in total. The van der Waals surface area contributed by atoms with Crippen molar-refractivity contribution in [1.29, 1.82) is 0 Å². The van der Waals surface area contributed by atoms with Crippen molar-refractivity contribution in [1.82, 2.24) is 0 Å². The summed E-state index contributed by atoms with van der Waals surface area (Å²) in [5.41, 5.74) is 0. The first-order valence-electron chi connectivity index (χ1n) is 6.17. The standard InChI is InChI=1S/C12H18O2S2/c13-11(6-15)14-12(16)9-2-7-1-8(4-9)5-10(12)3-7/h7-10,15-16H,1-6H2. The Bertz CT molecular complexity index is 288. The SMILES string of the molecule is O=C(CS)OC1(S)C2CC3CC(C2)CC1C3. The van der Waals surface area contributed by atoms with Gasteiger partial charge in [0.2, 0.25) is 0 Å². The highest BCUT2D eigenvalue weighted by atomic mass is 32.1. The summed E-state index contributed by atoms with van der Waals surface area (Å²) < 4.78 is 5.61. The molecular formula is C12H18O2S2. The van der Waals surface area contributed by atoms with Crippen LogP contribution in [0.3, 0.4) is 0 Å². The summed E-state index contributed by atoms with van der Waals surface area (Å²) in [7, 11) is 0. The number of carbonyl (C=O) groups is 1. The molecule has 0 aromatic heterocycles. The zero-order chi connectivity index (χ0) is 11.3. The molecule has 90 valence electrons. The maximum absolute atomic E-state index is 11.5. The predicted octanol–water partition coefficient (Wildman–Crippen LogP) is 2.54. The quantitative estimate of drug-likeness (QED) is 0.452. The van der Waals surface area contributed by atoms with Crippen molar-refractivity contribution >= 4 is 31.2 Å². The first-order chi connectivity index (χ1) is 7.61. The lowest BCUT2D eigenvalue weighted by Crippen LogP contribution is -2.56. The fraction of sp³-hybridized carbons (Fsp3) is 0.917. The van der Waals surface area contributed by atoms with Crippen LogP contribution in [0, 0.1) is 23.7 Å². The smallest absolute Gasteiger partial charge is 0.317 e. The average Bonchev–Trinajstić information content (AvgIpc) is 2.25. The molecule has 4 fully saturated rings. The molecule has 4 aliphatic carbocycles. The van der Waals surface area contributed by atoms with Crippen LogP contribution in [0.5, 0.6) is 0 Å². The number of ether oxygens (including phenoxy) is 1. The van der Waals surface area contributed by atoms with Gasteiger partial charge in [0, 0.05) is 11.8 Å². The number of carbonyl (C=O) groups excluding carboxylic acids is 1. The van der Waals surface area contributed by atoms with Crippen molar-refractivity contribution in [2.45, 2.75) is 37.0 Å². The van der Waals surface area contributed by atoms with Gasteiger partial charge in [-0.05, 0) is 43.9 Å². The van der Waals surface area contributed by atoms with E-state index < -0.39 is 4.93 Å². The molecule has 4 saturated carbocycles. The largest absolute Gasteiger partial charge is 0.447 e. The van der Waals surface area contributed by atoms with Gasteiger partial charge in [0.1, 0.15) is 0 Å². The Kier molecular flexibility index (Phi) is 2.70. The molecule has 2 nitrogen and oxygen atoms in total. The van der Waals surface area contributed by atoms with Gasteiger partial charge in [-0.1, -0.05) is 0 Å². The molecule has 0 saturated heterocycles. The van der Waals surface area contributed by atoms with Crippen molar-refractivity contribution in [2.75, 3.05) is 5.75 Å². The van der Waals surface area contributed by atoms with Gasteiger partial charge < -0.3 is 4.74 Å². The minimum absolute atomic E-state index is 0.161. The third-order valence-electron chi connectivity index (χ3n) is 4.71. The second kappa shape index (κ2) is 3.84. The fourth-order valence-electron chi connectivity index (χ4n) is 4.24. The molecule has 0 spiro atoms. The summed E-state index contributed by atoms with van der Waals surface area (Å²) >= 11 is 8.73. The van der Waals surface area contributed by atoms with Gasteiger partial charge in [-0.2, -0.15) is 12.6 Å². The topological polar surface area (TPSA) is 26.3 Å². The molecule has 0 amide bonds. The van der Waals surface area contributed by atoms with Crippen molar-refractivity contribution in [3.05, 3.63) is 0 Å². The van der Waals surface area contributed by atoms with Crippen molar-refractivity contribution < 1.29 is 9.53 Å². The number of rotatable bonds is 2. The van der Waals surface area contributed by atoms with E-state index in [-0.39, 0.29) is 11.7 Å². The molecule has 16 heavy (non-hydrogen) atoms. The van der Waals surface area contributed by atoms with E-state index in [9.17, 15) is 4.79 Å². The maximum Gasteiger partial charge on any atom is 0.317 e. The minimum atomic E-state index is -0.479. The number of esters is 1. The molecule has 0 aromatic rings. The summed E-state index contributed by atoms with van der Waals surface area (Å²) in [5.74, 6) is 2.65. The highest BCUT2D eigenvalue weighted by molar-refractivity contribution is 7.81. The molecule has 4 bridgehead atoms. The number of thiol groups is 2. The van der Waals surface area contributed by atoms with E-state index in [4.69, 9.17) is 17.4 Å². The fourth-order valence-corrected chi connectivity index (χ4v) is 4.83. The Morgan fingerprint density at radius 2 is 1.62 bits per heavy atom. The van der Waals surface area contributed by atoms with E-state index in [1.807, 2.05) is 0 Å². The Labute approximate surface area is 107 Å². The average molecular weight is 258 g/mol. The first-order valence-corrected chi connectivity index (χ1v) is 7.25. The van der Waals surface area contributed by atoms with Gasteiger partial charge in [0.15, 0.2) is 4.93 Å². The van der Waals surface area contributed by atoms with Crippen LogP contribution in [-0.4, -0.2) is 16.7 Å². The van der Waals surface area contributed by atoms with Crippen molar-refractivity contribution in [3.63, 3.8) is 0 Å². The van der Waals surface area contributed by atoms with E-state index >= 15 is 0 Å². The molecule has 0 radical (unpaired) electrons. The molecule has 0 heterocycles. The maximum atomic E-state index is 11.5. The normalized spacial score (nSPS) is 49.4. The highest BCUT2D eigenvalue weighted by Gasteiger charge is 2.57. The van der Waals surface area contributed by atoms with Gasteiger partial charge in [0.25, 0.3) is 0 Å². The monoisotopic (exact) mass is 258 g/mol. The third-order valence-corrected chi connectivity index (χ3v) is 5.79. The molecule has 4 rings (SSSR count). The molecule has 0 aliphatic heterocycles. The van der Waals surface area contributed by atoms with Gasteiger partial charge >= 0.3 is 5.97 Å². The zero-order valence-corrected chi connectivity index (χ0v) is 11.1. The van der Waals surface area contributed by atoms with Crippen molar-refractivity contribution in [2.24, 2.45) is 23.7 Å². The van der Waals surface area contributed by atoms with Gasteiger partial charge in [0.05, 0.1) is 5.75 Å². The molecule has 4 heteroatoms. The van der Waals surface area contributed by atoms with Crippen LogP contribution in [0.4, 0.5) is 0 Å². The van der Waals surface area contributed by atoms with Crippen LogP contribution in [-0.2, 0) is 9.53 Å². The van der Waals surface area contributed by atoms with E-state index in [1.54, 1.807) is 0 Å². The van der Waals surface area contributed by atoms with Crippen LogP contribution in [0.1, 0.15) is 32.1 Å². The third kappa shape index (κ3) is 1.60. The molecule has 4 aliphatic rings. The summed E-state index contributed by atoms with van der Waals surface area (Å²) in [6.45, 7) is 0. The Morgan fingerprint density at radius 3 is 2.06 bits per heavy atom. The lowest BCUT2D eigenvalue weighted by molar-refractivity contribution is -0.176. The van der Waals surface area contributed by atoms with Crippen LogP contribution >= 0.6 is 25.3 Å².